The van der Waals surface area contributed by atoms with Gasteiger partial charge in [-0.25, -0.2) is 0 Å². The average molecular weight is 199 g/mol. The van der Waals surface area contributed by atoms with Gasteiger partial charge in [-0.15, -0.1) is 0 Å². The Balaban J connectivity index is 2.30. The maximum absolute atomic E-state index is 3.21. The molecule has 1 N–H and O–H groups in total. The van der Waals surface area contributed by atoms with E-state index in [1.165, 1.54) is 19.4 Å². The highest BCUT2D eigenvalue weighted by Crippen LogP contribution is 2.18. The molecule has 0 aromatic heterocycles. The van der Waals surface area contributed by atoms with Crippen LogP contribution in [-0.4, -0.2) is 62.7 Å². The van der Waals surface area contributed by atoms with Crippen molar-refractivity contribution in [2.45, 2.75) is 31.8 Å². The highest BCUT2D eigenvalue weighted by atomic mass is 15.2. The number of likely N-dealkylation sites (N-methyl/N-ethyl adjacent to an activating group) is 2. The highest BCUT2D eigenvalue weighted by Gasteiger charge is 2.24. The van der Waals surface area contributed by atoms with Crippen LogP contribution in [0.1, 0.15) is 19.8 Å². The molecule has 2 atom stereocenters. The van der Waals surface area contributed by atoms with Gasteiger partial charge in [0.2, 0.25) is 0 Å². The van der Waals surface area contributed by atoms with Crippen molar-refractivity contribution < 1.29 is 0 Å². The fourth-order valence-corrected chi connectivity index (χ4v) is 2.14. The molecule has 1 heterocycles. The first kappa shape index (κ1) is 12.0. The van der Waals surface area contributed by atoms with Crippen molar-refractivity contribution in [3.05, 3.63) is 0 Å². The van der Waals surface area contributed by atoms with Crippen molar-refractivity contribution >= 4 is 0 Å². The van der Waals surface area contributed by atoms with Gasteiger partial charge in [-0.1, -0.05) is 0 Å². The summed E-state index contributed by atoms with van der Waals surface area (Å²) in [6.07, 6.45) is 2.64. The van der Waals surface area contributed by atoms with E-state index in [1.807, 2.05) is 7.05 Å². The lowest BCUT2D eigenvalue weighted by molar-refractivity contribution is 0.106. The maximum Gasteiger partial charge on any atom is 0.0120 e. The lowest BCUT2D eigenvalue weighted by atomic mass is 9.98. The molecule has 0 spiro atoms. The van der Waals surface area contributed by atoms with Gasteiger partial charge in [0.1, 0.15) is 0 Å². The van der Waals surface area contributed by atoms with E-state index in [0.29, 0.717) is 0 Å². The van der Waals surface area contributed by atoms with Crippen molar-refractivity contribution in [1.82, 2.24) is 15.1 Å². The lowest BCUT2D eigenvalue weighted by Gasteiger charge is -2.39. The Hall–Kier alpha value is -0.120. The Bertz CT molecular complexity index is 161. The number of hydrogen-bond acceptors (Lipinski definition) is 3. The second-order valence-corrected chi connectivity index (χ2v) is 4.59. The zero-order valence-electron chi connectivity index (χ0n) is 10.1. The Morgan fingerprint density at radius 1 is 1.50 bits per heavy atom. The minimum absolute atomic E-state index is 0.741. The maximum atomic E-state index is 3.21. The van der Waals surface area contributed by atoms with Crippen molar-refractivity contribution in [3.63, 3.8) is 0 Å². The number of rotatable bonds is 4. The summed E-state index contributed by atoms with van der Waals surface area (Å²) < 4.78 is 0. The molecule has 2 unspecified atom stereocenters. The number of nitrogens with one attached hydrogen (secondary N) is 1. The molecule has 0 aromatic carbocycles. The summed E-state index contributed by atoms with van der Waals surface area (Å²) >= 11 is 0. The Morgan fingerprint density at radius 2 is 2.21 bits per heavy atom. The van der Waals surface area contributed by atoms with Gasteiger partial charge in [0.15, 0.2) is 0 Å². The molecule has 84 valence electrons. The second kappa shape index (κ2) is 5.69. The van der Waals surface area contributed by atoms with Crippen molar-refractivity contribution in [1.29, 1.82) is 0 Å². The Morgan fingerprint density at radius 3 is 2.79 bits per heavy atom. The van der Waals surface area contributed by atoms with E-state index < -0.39 is 0 Å². The minimum Gasteiger partial charge on any atom is -0.318 e. The third-order valence-corrected chi connectivity index (χ3v) is 3.52. The molecule has 0 saturated carbocycles. The van der Waals surface area contributed by atoms with Crippen LogP contribution in [0, 0.1) is 0 Å². The van der Waals surface area contributed by atoms with Gasteiger partial charge in [0, 0.05) is 25.2 Å². The molecule has 3 heteroatoms. The summed E-state index contributed by atoms with van der Waals surface area (Å²) in [5.74, 6) is 0. The van der Waals surface area contributed by atoms with Gasteiger partial charge in [0.05, 0.1) is 0 Å². The molecule has 0 aliphatic carbocycles. The van der Waals surface area contributed by atoms with Gasteiger partial charge >= 0.3 is 0 Å². The summed E-state index contributed by atoms with van der Waals surface area (Å²) in [5.41, 5.74) is 0. The van der Waals surface area contributed by atoms with E-state index in [1.54, 1.807) is 0 Å². The summed E-state index contributed by atoms with van der Waals surface area (Å²) in [4.78, 5) is 4.96. The van der Waals surface area contributed by atoms with Gasteiger partial charge < -0.3 is 15.1 Å². The van der Waals surface area contributed by atoms with Gasteiger partial charge in [-0.2, -0.15) is 0 Å². The Labute approximate surface area is 88.5 Å². The zero-order valence-corrected chi connectivity index (χ0v) is 10.1. The van der Waals surface area contributed by atoms with Crippen LogP contribution < -0.4 is 5.32 Å². The average Bonchev–Trinajstić information content (AvgIpc) is 2.18. The van der Waals surface area contributed by atoms with E-state index in [-0.39, 0.29) is 0 Å². The molecule has 0 bridgehead atoms. The van der Waals surface area contributed by atoms with Gasteiger partial charge in [-0.3, -0.25) is 0 Å². The molecule has 14 heavy (non-hydrogen) atoms. The summed E-state index contributed by atoms with van der Waals surface area (Å²) in [5, 5.41) is 3.21. The van der Waals surface area contributed by atoms with Crippen molar-refractivity contribution in [2.24, 2.45) is 0 Å². The zero-order chi connectivity index (χ0) is 10.6. The predicted molar refractivity (Wildman–Crippen MR) is 61.7 cm³/mol. The third kappa shape index (κ3) is 3.23. The summed E-state index contributed by atoms with van der Waals surface area (Å²) in [6, 6.07) is 1.53. The van der Waals surface area contributed by atoms with Crippen molar-refractivity contribution in [2.75, 3.05) is 40.8 Å². The summed E-state index contributed by atoms with van der Waals surface area (Å²) in [7, 11) is 6.50. The molecule has 0 amide bonds. The molecular formula is C11H25N3. The number of likely N-dealkylation sites (tertiary alicyclic amines) is 1. The summed E-state index contributed by atoms with van der Waals surface area (Å²) in [6.45, 7) is 5.84. The molecule has 1 aliphatic heterocycles. The van der Waals surface area contributed by atoms with E-state index in [2.05, 4.69) is 36.1 Å². The van der Waals surface area contributed by atoms with Crippen molar-refractivity contribution in [3.8, 4) is 0 Å². The molecule has 0 aromatic rings. The molecule has 1 saturated heterocycles. The number of piperidine rings is 1. The molecule has 1 fully saturated rings. The molecule has 0 radical (unpaired) electrons. The fourth-order valence-electron chi connectivity index (χ4n) is 2.14. The monoisotopic (exact) mass is 199 g/mol. The standard InChI is InChI=1S/C11H25N3/c1-10-9-11(5-7-13(10)3)14(4)8-6-12-2/h10-12H,5-9H2,1-4H3. The Kier molecular flexibility index (Phi) is 4.85. The molecule has 1 rings (SSSR count). The van der Waals surface area contributed by atoms with Crippen LogP contribution in [0.15, 0.2) is 0 Å². The lowest BCUT2D eigenvalue weighted by Crippen LogP contribution is -2.47. The largest absolute Gasteiger partial charge is 0.318 e. The first-order valence-electron chi connectivity index (χ1n) is 5.70. The number of nitrogens with zero attached hydrogens (tertiary/aromatic N) is 2. The smallest absolute Gasteiger partial charge is 0.0120 e. The quantitative estimate of drug-likeness (QED) is 0.716. The second-order valence-electron chi connectivity index (χ2n) is 4.59. The highest BCUT2D eigenvalue weighted by molar-refractivity contribution is 4.82. The predicted octanol–water partition coefficient (Wildman–Crippen LogP) is 0.620. The molecule has 1 aliphatic rings. The van der Waals surface area contributed by atoms with E-state index >= 15 is 0 Å². The topological polar surface area (TPSA) is 18.5 Å². The van der Waals surface area contributed by atoms with E-state index in [4.69, 9.17) is 0 Å². The van der Waals surface area contributed by atoms with Crippen LogP contribution in [0.25, 0.3) is 0 Å². The normalized spacial score (nSPS) is 29.8. The van der Waals surface area contributed by atoms with Gasteiger partial charge in [0.25, 0.3) is 0 Å². The van der Waals surface area contributed by atoms with Gasteiger partial charge in [-0.05, 0) is 47.5 Å². The molecular weight excluding hydrogens is 174 g/mol. The third-order valence-electron chi connectivity index (χ3n) is 3.52. The molecule has 3 nitrogen and oxygen atoms in total. The van der Waals surface area contributed by atoms with Crippen LogP contribution in [-0.2, 0) is 0 Å². The van der Waals surface area contributed by atoms with Crippen LogP contribution in [0.3, 0.4) is 0 Å². The van der Waals surface area contributed by atoms with Crippen LogP contribution in [0.2, 0.25) is 0 Å². The van der Waals surface area contributed by atoms with Crippen LogP contribution >= 0.6 is 0 Å². The van der Waals surface area contributed by atoms with Crippen LogP contribution in [0.5, 0.6) is 0 Å². The SMILES string of the molecule is CNCCN(C)C1CCN(C)C(C)C1. The first-order chi connectivity index (χ1) is 6.65. The van der Waals surface area contributed by atoms with Crippen LogP contribution in [0.4, 0.5) is 0 Å². The minimum atomic E-state index is 0.741. The van der Waals surface area contributed by atoms with E-state index in [0.717, 1.165) is 25.2 Å². The van der Waals surface area contributed by atoms with E-state index in [9.17, 15) is 0 Å². The first-order valence-corrected chi connectivity index (χ1v) is 5.70. The number of hydrogen-bond donors (Lipinski definition) is 1. The fraction of sp³-hybridized carbons (Fsp3) is 1.00.